The molecule has 0 bridgehead atoms. The van der Waals surface area contributed by atoms with Crippen molar-refractivity contribution in [1.29, 1.82) is 0 Å². The molecule has 1 saturated heterocycles. The van der Waals surface area contributed by atoms with Crippen molar-refractivity contribution in [1.82, 2.24) is 4.90 Å². The van der Waals surface area contributed by atoms with Gasteiger partial charge in [-0.1, -0.05) is 37.6 Å². The zero-order valence-corrected chi connectivity index (χ0v) is 18.7. The first kappa shape index (κ1) is 21.4. The Morgan fingerprint density at radius 2 is 1.55 bits per heavy atom. The van der Waals surface area contributed by atoms with Crippen molar-refractivity contribution in [2.24, 2.45) is 5.92 Å². The van der Waals surface area contributed by atoms with Crippen LogP contribution in [-0.4, -0.2) is 36.4 Å². The SMILES string of the molecule is CC(C)COc1ccc(C2=C(N3CCCCC3)C(=O)N(c3ccc(Cl)cc3)C2=O)cc1. The van der Waals surface area contributed by atoms with Gasteiger partial charge in [-0.25, -0.2) is 4.90 Å². The van der Waals surface area contributed by atoms with Gasteiger partial charge in [-0.3, -0.25) is 9.59 Å². The van der Waals surface area contributed by atoms with Crippen molar-refractivity contribution >= 4 is 34.7 Å². The van der Waals surface area contributed by atoms with Gasteiger partial charge in [-0.2, -0.15) is 0 Å². The molecule has 5 nitrogen and oxygen atoms in total. The molecule has 0 unspecified atom stereocenters. The average Bonchev–Trinajstić information content (AvgIpc) is 3.04. The van der Waals surface area contributed by atoms with Crippen LogP contribution in [0.2, 0.25) is 5.02 Å². The minimum Gasteiger partial charge on any atom is -0.493 e. The van der Waals surface area contributed by atoms with Crippen LogP contribution in [0.1, 0.15) is 38.7 Å². The molecule has 31 heavy (non-hydrogen) atoms. The van der Waals surface area contributed by atoms with Crippen molar-refractivity contribution in [3.05, 3.63) is 64.8 Å². The fraction of sp³-hybridized carbons (Fsp3) is 0.360. The molecule has 0 aromatic heterocycles. The largest absolute Gasteiger partial charge is 0.493 e. The molecule has 2 aromatic rings. The van der Waals surface area contributed by atoms with E-state index >= 15 is 0 Å². The highest BCUT2D eigenvalue weighted by Crippen LogP contribution is 2.36. The van der Waals surface area contributed by atoms with Crippen molar-refractivity contribution in [2.45, 2.75) is 33.1 Å². The quantitative estimate of drug-likeness (QED) is 0.585. The Morgan fingerprint density at radius 1 is 0.903 bits per heavy atom. The van der Waals surface area contributed by atoms with E-state index in [0.29, 0.717) is 34.5 Å². The summed E-state index contributed by atoms with van der Waals surface area (Å²) in [5.74, 6) is 0.604. The van der Waals surface area contributed by atoms with Crippen LogP contribution in [0.25, 0.3) is 5.57 Å². The topological polar surface area (TPSA) is 49.9 Å². The van der Waals surface area contributed by atoms with E-state index < -0.39 is 0 Å². The summed E-state index contributed by atoms with van der Waals surface area (Å²) < 4.78 is 5.78. The van der Waals surface area contributed by atoms with Crippen molar-refractivity contribution < 1.29 is 14.3 Å². The van der Waals surface area contributed by atoms with Gasteiger partial charge in [0.1, 0.15) is 11.4 Å². The summed E-state index contributed by atoms with van der Waals surface area (Å²) in [6, 6.07) is 14.3. The molecule has 0 aliphatic carbocycles. The number of benzene rings is 2. The first-order valence-corrected chi connectivity index (χ1v) is 11.2. The second-order valence-electron chi connectivity index (χ2n) is 8.42. The maximum absolute atomic E-state index is 13.5. The van der Waals surface area contributed by atoms with E-state index in [1.807, 2.05) is 24.3 Å². The predicted octanol–water partition coefficient (Wildman–Crippen LogP) is 5.15. The van der Waals surface area contributed by atoms with Gasteiger partial charge in [0.05, 0.1) is 17.9 Å². The third kappa shape index (κ3) is 4.47. The van der Waals surface area contributed by atoms with Crippen molar-refractivity contribution in [2.75, 3.05) is 24.6 Å². The molecule has 2 heterocycles. The number of nitrogens with zero attached hydrogens (tertiary/aromatic N) is 2. The highest BCUT2D eigenvalue weighted by atomic mass is 35.5. The summed E-state index contributed by atoms with van der Waals surface area (Å²) in [7, 11) is 0. The van der Waals surface area contributed by atoms with Gasteiger partial charge in [-0.15, -0.1) is 0 Å². The van der Waals surface area contributed by atoms with Crippen LogP contribution in [0, 0.1) is 5.92 Å². The highest BCUT2D eigenvalue weighted by Gasteiger charge is 2.42. The van der Waals surface area contributed by atoms with Crippen LogP contribution in [0.3, 0.4) is 0 Å². The average molecular weight is 439 g/mol. The Labute approximate surface area is 188 Å². The van der Waals surface area contributed by atoms with Gasteiger partial charge in [0.25, 0.3) is 11.8 Å². The van der Waals surface area contributed by atoms with Crippen molar-refractivity contribution in [3.63, 3.8) is 0 Å². The number of likely N-dealkylation sites (tertiary alicyclic amines) is 1. The highest BCUT2D eigenvalue weighted by molar-refractivity contribution is 6.45. The molecule has 2 aliphatic heterocycles. The number of imide groups is 1. The lowest BCUT2D eigenvalue weighted by molar-refractivity contribution is -0.120. The van der Waals surface area contributed by atoms with Gasteiger partial charge in [0.2, 0.25) is 0 Å². The lowest BCUT2D eigenvalue weighted by Crippen LogP contribution is -2.37. The van der Waals surface area contributed by atoms with E-state index in [-0.39, 0.29) is 11.8 Å². The number of carbonyl (C=O) groups is 2. The molecule has 2 aromatic carbocycles. The number of ether oxygens (including phenoxy) is 1. The number of halogens is 1. The fourth-order valence-electron chi connectivity index (χ4n) is 3.99. The lowest BCUT2D eigenvalue weighted by atomic mass is 10.0. The van der Waals surface area contributed by atoms with E-state index in [1.165, 1.54) is 4.90 Å². The smallest absolute Gasteiger partial charge is 0.282 e. The summed E-state index contributed by atoms with van der Waals surface area (Å²) in [5.41, 5.74) is 2.21. The molecule has 162 valence electrons. The first-order chi connectivity index (χ1) is 15.0. The summed E-state index contributed by atoms with van der Waals surface area (Å²) >= 11 is 6.01. The number of hydrogen-bond acceptors (Lipinski definition) is 4. The zero-order valence-electron chi connectivity index (χ0n) is 17.9. The number of amides is 2. The summed E-state index contributed by atoms with van der Waals surface area (Å²) in [4.78, 5) is 30.3. The maximum Gasteiger partial charge on any atom is 0.282 e. The molecule has 0 radical (unpaired) electrons. The molecule has 4 rings (SSSR count). The molecule has 2 amide bonds. The maximum atomic E-state index is 13.5. The third-order valence-corrected chi connectivity index (χ3v) is 5.79. The fourth-order valence-corrected chi connectivity index (χ4v) is 4.12. The van der Waals surface area contributed by atoms with E-state index in [2.05, 4.69) is 18.7 Å². The lowest BCUT2D eigenvalue weighted by Gasteiger charge is -2.29. The Balaban J connectivity index is 1.71. The minimum absolute atomic E-state index is 0.274. The molecule has 0 spiro atoms. The van der Waals surface area contributed by atoms with E-state index in [9.17, 15) is 9.59 Å². The molecule has 1 fully saturated rings. The van der Waals surface area contributed by atoms with Crippen LogP contribution in [0.15, 0.2) is 54.2 Å². The molecular formula is C25H27ClN2O3. The van der Waals surface area contributed by atoms with Crippen LogP contribution in [0.4, 0.5) is 5.69 Å². The monoisotopic (exact) mass is 438 g/mol. The molecule has 2 aliphatic rings. The Hall–Kier alpha value is -2.79. The molecule has 6 heteroatoms. The van der Waals surface area contributed by atoms with E-state index in [1.54, 1.807) is 24.3 Å². The van der Waals surface area contributed by atoms with Gasteiger partial charge in [-0.05, 0) is 67.1 Å². The van der Waals surface area contributed by atoms with Crippen LogP contribution in [0.5, 0.6) is 5.75 Å². The van der Waals surface area contributed by atoms with Gasteiger partial charge in [0, 0.05) is 18.1 Å². The van der Waals surface area contributed by atoms with E-state index in [0.717, 1.165) is 43.7 Å². The number of anilines is 1. The third-order valence-electron chi connectivity index (χ3n) is 5.54. The molecule has 0 N–H and O–H groups in total. The Bertz CT molecular complexity index is 990. The van der Waals surface area contributed by atoms with E-state index in [4.69, 9.17) is 16.3 Å². The first-order valence-electron chi connectivity index (χ1n) is 10.8. The normalized spacial score (nSPS) is 17.2. The zero-order chi connectivity index (χ0) is 22.0. The number of rotatable bonds is 6. The van der Waals surface area contributed by atoms with Gasteiger partial charge >= 0.3 is 0 Å². The molecule has 0 atom stereocenters. The predicted molar refractivity (Wildman–Crippen MR) is 123 cm³/mol. The Morgan fingerprint density at radius 3 is 2.16 bits per heavy atom. The second-order valence-corrected chi connectivity index (χ2v) is 8.86. The van der Waals surface area contributed by atoms with Gasteiger partial charge < -0.3 is 9.64 Å². The Kier molecular flexibility index (Phi) is 6.33. The summed E-state index contributed by atoms with van der Waals surface area (Å²) in [6.45, 7) is 6.38. The van der Waals surface area contributed by atoms with Crippen LogP contribution < -0.4 is 9.64 Å². The van der Waals surface area contributed by atoms with Crippen LogP contribution >= 0.6 is 11.6 Å². The molecule has 0 saturated carbocycles. The second kappa shape index (κ2) is 9.15. The van der Waals surface area contributed by atoms with Crippen LogP contribution in [-0.2, 0) is 9.59 Å². The number of piperidine rings is 1. The molecular weight excluding hydrogens is 412 g/mol. The van der Waals surface area contributed by atoms with Gasteiger partial charge in [0.15, 0.2) is 0 Å². The summed E-state index contributed by atoms with van der Waals surface area (Å²) in [6.07, 6.45) is 3.17. The minimum atomic E-state index is -0.302. The number of hydrogen-bond donors (Lipinski definition) is 0. The van der Waals surface area contributed by atoms with Crippen molar-refractivity contribution in [3.8, 4) is 5.75 Å². The summed E-state index contributed by atoms with van der Waals surface area (Å²) in [5, 5.41) is 0.560. The standard InChI is InChI=1S/C25H27ClN2O3/c1-17(2)16-31-21-12-6-18(7-13-21)22-23(27-14-4-3-5-15-27)25(30)28(24(22)29)20-10-8-19(26)9-11-20/h6-13,17H,3-5,14-16H2,1-2H3. The number of carbonyl (C=O) groups excluding carboxylic acids is 2.